The first-order valence-corrected chi connectivity index (χ1v) is 7.29. The summed E-state index contributed by atoms with van der Waals surface area (Å²) in [4.78, 5) is 12.6. The van der Waals surface area contributed by atoms with Crippen LogP contribution in [0.2, 0.25) is 0 Å². The molecule has 0 unspecified atom stereocenters. The lowest BCUT2D eigenvalue weighted by Crippen LogP contribution is -2.11. The first kappa shape index (κ1) is 12.4. The molecule has 0 radical (unpaired) electrons. The third-order valence-corrected chi connectivity index (χ3v) is 3.93. The van der Waals surface area contributed by atoms with Crippen molar-refractivity contribution >= 4 is 22.4 Å². The fraction of sp³-hybridized carbons (Fsp3) is 0.333. The molecule has 1 N–H and O–H groups in total. The molecule has 0 spiro atoms. The zero-order valence-corrected chi connectivity index (χ0v) is 12.2. The van der Waals surface area contributed by atoms with Crippen molar-refractivity contribution in [2.24, 2.45) is 0 Å². The van der Waals surface area contributed by atoms with E-state index in [4.69, 9.17) is 4.98 Å². The molecule has 1 aromatic carbocycles. The Morgan fingerprint density at radius 1 is 1.16 bits per heavy atom. The van der Waals surface area contributed by atoms with Gasteiger partial charge in [-0.2, -0.15) is 0 Å². The summed E-state index contributed by atoms with van der Waals surface area (Å²) in [5.41, 5.74) is 3.38. The van der Waals surface area contributed by atoms with E-state index >= 15 is 0 Å². The second-order valence-corrected chi connectivity index (χ2v) is 6.70. The Kier molecular flexibility index (Phi) is 2.90. The van der Waals surface area contributed by atoms with E-state index in [0.29, 0.717) is 0 Å². The molecule has 0 saturated heterocycles. The van der Waals surface area contributed by atoms with Gasteiger partial charge in [-0.25, -0.2) is 9.97 Å². The molecule has 0 saturated carbocycles. The number of para-hydroxylation sites is 2. The van der Waals surface area contributed by atoms with Crippen molar-refractivity contribution in [2.45, 2.75) is 32.6 Å². The maximum absolute atomic E-state index is 4.71. The lowest BCUT2D eigenvalue weighted by molar-refractivity contribution is 0.571. The van der Waals surface area contributed by atoms with Crippen LogP contribution in [0, 0.1) is 0 Å². The molecule has 0 bridgehead atoms. The Morgan fingerprint density at radius 2 is 1.95 bits per heavy atom. The highest BCUT2D eigenvalue weighted by Gasteiger charge is 2.17. The summed E-state index contributed by atoms with van der Waals surface area (Å²) in [5.74, 6) is 0.982. The van der Waals surface area contributed by atoms with Crippen LogP contribution in [0.25, 0.3) is 11.0 Å². The number of thiazole rings is 1. The molecular formula is C15H17N3S. The van der Waals surface area contributed by atoms with Gasteiger partial charge in [0.15, 0.2) is 0 Å². The number of fused-ring (bicyclic) bond motifs is 1. The molecule has 2 heterocycles. The number of rotatable bonds is 2. The van der Waals surface area contributed by atoms with Crippen LogP contribution in [0.4, 0.5) is 0 Å². The molecule has 0 atom stereocenters. The maximum atomic E-state index is 4.71. The molecule has 98 valence electrons. The second-order valence-electron chi connectivity index (χ2n) is 5.75. The second kappa shape index (κ2) is 4.46. The van der Waals surface area contributed by atoms with E-state index in [1.54, 1.807) is 11.3 Å². The monoisotopic (exact) mass is 271 g/mol. The molecule has 0 aliphatic rings. The highest BCUT2D eigenvalue weighted by molar-refractivity contribution is 7.09. The van der Waals surface area contributed by atoms with E-state index < -0.39 is 0 Å². The number of nitrogens with one attached hydrogen (secondary N) is 1. The molecule has 0 amide bonds. The number of nitrogens with zero attached hydrogens (tertiary/aromatic N) is 2. The smallest absolute Gasteiger partial charge is 0.114 e. The average Bonchev–Trinajstić information content (AvgIpc) is 2.94. The minimum atomic E-state index is 0.114. The quantitative estimate of drug-likeness (QED) is 0.768. The number of benzene rings is 1. The minimum absolute atomic E-state index is 0.114. The molecule has 3 aromatic rings. The number of aromatic amines is 1. The van der Waals surface area contributed by atoms with Gasteiger partial charge in [0.25, 0.3) is 0 Å². The molecule has 0 fully saturated rings. The Bertz CT molecular complexity index is 670. The summed E-state index contributed by atoms with van der Waals surface area (Å²) in [7, 11) is 0. The van der Waals surface area contributed by atoms with Gasteiger partial charge in [0.2, 0.25) is 0 Å². The SMILES string of the molecule is CC(C)(C)c1csc(Cc2nc3ccccc3[nH]2)n1. The molecule has 3 rings (SSSR count). The van der Waals surface area contributed by atoms with Crippen LogP contribution in [0.3, 0.4) is 0 Å². The Labute approximate surface area is 116 Å². The van der Waals surface area contributed by atoms with Gasteiger partial charge in [0, 0.05) is 10.8 Å². The van der Waals surface area contributed by atoms with E-state index in [-0.39, 0.29) is 5.41 Å². The van der Waals surface area contributed by atoms with Crippen LogP contribution < -0.4 is 0 Å². The van der Waals surface area contributed by atoms with Crippen molar-refractivity contribution in [1.29, 1.82) is 0 Å². The number of aromatic nitrogens is 3. The van der Waals surface area contributed by atoms with E-state index in [2.05, 4.69) is 36.1 Å². The van der Waals surface area contributed by atoms with Gasteiger partial charge in [0.1, 0.15) is 10.8 Å². The van der Waals surface area contributed by atoms with Crippen molar-refractivity contribution in [3.63, 3.8) is 0 Å². The van der Waals surface area contributed by atoms with Crippen molar-refractivity contribution in [1.82, 2.24) is 15.0 Å². The fourth-order valence-corrected chi connectivity index (χ4v) is 2.99. The normalized spacial score (nSPS) is 12.2. The molecule has 4 heteroatoms. The molecule has 0 aliphatic carbocycles. The first-order valence-electron chi connectivity index (χ1n) is 6.41. The molecule has 3 nitrogen and oxygen atoms in total. The van der Waals surface area contributed by atoms with Crippen molar-refractivity contribution < 1.29 is 0 Å². The predicted octanol–water partition coefficient (Wildman–Crippen LogP) is 3.91. The lowest BCUT2D eigenvalue weighted by atomic mass is 9.93. The van der Waals surface area contributed by atoms with E-state index in [9.17, 15) is 0 Å². The van der Waals surface area contributed by atoms with Crippen LogP contribution in [-0.2, 0) is 11.8 Å². The molecule has 19 heavy (non-hydrogen) atoms. The number of H-pyrrole nitrogens is 1. The van der Waals surface area contributed by atoms with Crippen LogP contribution in [0.1, 0.15) is 37.3 Å². The summed E-state index contributed by atoms with van der Waals surface area (Å²) >= 11 is 1.71. The largest absolute Gasteiger partial charge is 0.342 e. The zero-order valence-electron chi connectivity index (χ0n) is 11.4. The summed E-state index contributed by atoms with van der Waals surface area (Å²) in [6.45, 7) is 6.56. The minimum Gasteiger partial charge on any atom is -0.342 e. The summed E-state index contributed by atoms with van der Waals surface area (Å²) in [6.07, 6.45) is 0.773. The van der Waals surface area contributed by atoms with Gasteiger partial charge in [-0.3, -0.25) is 0 Å². The van der Waals surface area contributed by atoms with Gasteiger partial charge < -0.3 is 4.98 Å². The lowest BCUT2D eigenvalue weighted by Gasteiger charge is -2.14. The van der Waals surface area contributed by atoms with Crippen LogP contribution in [-0.4, -0.2) is 15.0 Å². The Balaban J connectivity index is 1.86. The van der Waals surface area contributed by atoms with Crippen molar-refractivity contribution in [3.8, 4) is 0 Å². The zero-order chi connectivity index (χ0) is 13.5. The number of hydrogen-bond donors (Lipinski definition) is 1. The summed E-state index contributed by atoms with van der Waals surface area (Å²) in [6, 6.07) is 8.10. The van der Waals surface area contributed by atoms with E-state index in [1.165, 1.54) is 0 Å². The van der Waals surface area contributed by atoms with E-state index in [0.717, 1.165) is 34.0 Å². The maximum Gasteiger partial charge on any atom is 0.114 e. The summed E-state index contributed by atoms with van der Waals surface area (Å²) in [5, 5.41) is 3.27. The van der Waals surface area contributed by atoms with Crippen LogP contribution in [0.5, 0.6) is 0 Å². The van der Waals surface area contributed by atoms with Gasteiger partial charge in [0.05, 0.1) is 23.1 Å². The predicted molar refractivity (Wildman–Crippen MR) is 79.7 cm³/mol. The number of imidazole rings is 1. The third-order valence-electron chi connectivity index (χ3n) is 3.08. The molecular weight excluding hydrogens is 254 g/mol. The van der Waals surface area contributed by atoms with Gasteiger partial charge >= 0.3 is 0 Å². The van der Waals surface area contributed by atoms with Crippen molar-refractivity contribution in [3.05, 3.63) is 46.2 Å². The van der Waals surface area contributed by atoms with Crippen molar-refractivity contribution in [2.75, 3.05) is 0 Å². The van der Waals surface area contributed by atoms with Crippen LogP contribution >= 0.6 is 11.3 Å². The fourth-order valence-electron chi connectivity index (χ4n) is 1.97. The van der Waals surface area contributed by atoms with Gasteiger partial charge in [-0.1, -0.05) is 32.9 Å². The Morgan fingerprint density at radius 3 is 2.63 bits per heavy atom. The van der Waals surface area contributed by atoms with Crippen LogP contribution in [0.15, 0.2) is 29.6 Å². The van der Waals surface area contributed by atoms with Gasteiger partial charge in [-0.15, -0.1) is 11.3 Å². The third kappa shape index (κ3) is 2.54. The highest BCUT2D eigenvalue weighted by Crippen LogP contribution is 2.25. The average molecular weight is 271 g/mol. The molecule has 2 aromatic heterocycles. The molecule has 0 aliphatic heterocycles. The topological polar surface area (TPSA) is 41.6 Å². The Hall–Kier alpha value is -1.68. The van der Waals surface area contributed by atoms with Gasteiger partial charge in [-0.05, 0) is 12.1 Å². The standard InChI is InChI=1S/C15H17N3S/c1-15(2,3)12-9-19-14(18-12)8-13-16-10-6-4-5-7-11(10)17-13/h4-7,9H,8H2,1-3H3,(H,16,17). The highest BCUT2D eigenvalue weighted by atomic mass is 32.1. The first-order chi connectivity index (χ1) is 9.02. The number of hydrogen-bond acceptors (Lipinski definition) is 3. The van der Waals surface area contributed by atoms with E-state index in [1.807, 2.05) is 24.3 Å². The summed E-state index contributed by atoms with van der Waals surface area (Å²) < 4.78 is 0.